The molecule has 0 amide bonds. The summed E-state index contributed by atoms with van der Waals surface area (Å²) in [6.45, 7) is 15.4. The third kappa shape index (κ3) is 4.05. The van der Waals surface area contributed by atoms with Crippen molar-refractivity contribution >= 4 is 9.76 Å². The molecule has 0 spiro atoms. The summed E-state index contributed by atoms with van der Waals surface area (Å²) in [5.74, 6) is 0. The van der Waals surface area contributed by atoms with Crippen LogP contribution in [0.2, 0.25) is 5.04 Å². The van der Waals surface area contributed by atoms with Crippen LogP contribution >= 0.6 is 0 Å². The smallest absolute Gasteiger partial charge is 0.236 e. The fourth-order valence-corrected chi connectivity index (χ4v) is 4.43. The predicted octanol–water partition coefficient (Wildman–Crippen LogP) is 4.33. The van der Waals surface area contributed by atoms with Crippen molar-refractivity contribution < 1.29 is 4.43 Å². The minimum atomic E-state index is -0.160. The van der Waals surface area contributed by atoms with Crippen molar-refractivity contribution in [1.29, 1.82) is 0 Å². The minimum Gasteiger partial charge on any atom is -0.415 e. The van der Waals surface area contributed by atoms with Gasteiger partial charge in [-0.25, -0.2) is 0 Å². The molecule has 1 atom stereocenters. The number of nitrogens with one attached hydrogen (secondary N) is 1. The molecule has 1 aliphatic heterocycles. The van der Waals surface area contributed by atoms with E-state index in [0.717, 1.165) is 13.0 Å². The van der Waals surface area contributed by atoms with Gasteiger partial charge in [-0.05, 0) is 40.5 Å². The molecule has 5 heteroatoms. The normalized spacial score (nSPS) is 20.6. The number of nitrogens with zero attached hydrogens (tertiary/aromatic N) is 2. The van der Waals surface area contributed by atoms with E-state index in [1.54, 1.807) is 0 Å². The molecule has 2 heterocycles. The number of benzene rings is 1. The fourth-order valence-electron chi connectivity index (χ4n) is 3.41. The molecule has 0 aliphatic carbocycles. The van der Waals surface area contributed by atoms with Crippen molar-refractivity contribution in [2.24, 2.45) is 12.5 Å². The van der Waals surface area contributed by atoms with Gasteiger partial charge < -0.3 is 9.74 Å². The predicted molar refractivity (Wildman–Crippen MR) is 113 cm³/mol. The number of aromatic nitrogens is 2. The second-order valence-electron chi connectivity index (χ2n) is 9.51. The van der Waals surface area contributed by atoms with Gasteiger partial charge in [0.25, 0.3) is 0 Å². The Bertz CT molecular complexity index is 806. The largest absolute Gasteiger partial charge is 0.415 e. The van der Waals surface area contributed by atoms with Crippen LogP contribution in [0.4, 0.5) is 0 Å². The Hall–Kier alpha value is -1.43. The molecule has 1 aromatic carbocycles. The molecule has 27 heavy (non-hydrogen) atoms. The highest BCUT2D eigenvalue weighted by molar-refractivity contribution is 6.32. The van der Waals surface area contributed by atoms with E-state index in [9.17, 15) is 0 Å². The molecule has 2 radical (unpaired) electrons. The van der Waals surface area contributed by atoms with Crippen molar-refractivity contribution in [1.82, 2.24) is 15.1 Å². The first kappa shape index (κ1) is 20.3. The van der Waals surface area contributed by atoms with Crippen molar-refractivity contribution in [2.45, 2.75) is 58.5 Å². The quantitative estimate of drug-likeness (QED) is 0.781. The summed E-state index contributed by atoms with van der Waals surface area (Å²) in [6, 6.07) is 6.63. The number of fused-ring (bicyclic) bond motifs is 1. The Kier molecular flexibility index (Phi) is 5.41. The molecule has 0 saturated heterocycles. The molecule has 4 nitrogen and oxygen atoms in total. The lowest BCUT2D eigenvalue weighted by atomic mass is 9.81. The molecule has 0 fully saturated rings. The lowest BCUT2D eigenvalue weighted by molar-refractivity contribution is 0.174. The van der Waals surface area contributed by atoms with Crippen LogP contribution in [0.1, 0.15) is 52.7 Å². The Morgan fingerprint density at radius 2 is 2.00 bits per heavy atom. The molecule has 1 unspecified atom stereocenters. The lowest BCUT2D eigenvalue weighted by Crippen LogP contribution is -2.49. The van der Waals surface area contributed by atoms with Crippen molar-refractivity contribution in [3.63, 3.8) is 0 Å². The SMILES string of the molecule is Cn1cc(-c2cccc3c2CCNC3(C)CO[Si]C(C)(C)C(C)(C)C)cn1. The van der Waals surface area contributed by atoms with E-state index in [-0.39, 0.29) is 16.0 Å². The fraction of sp³-hybridized carbons (Fsp3) is 0.591. The van der Waals surface area contributed by atoms with Gasteiger partial charge in [-0.1, -0.05) is 52.8 Å². The van der Waals surface area contributed by atoms with E-state index in [1.165, 1.54) is 22.3 Å². The zero-order valence-electron chi connectivity index (χ0n) is 17.8. The topological polar surface area (TPSA) is 39.1 Å². The van der Waals surface area contributed by atoms with Crippen LogP contribution in [-0.4, -0.2) is 32.7 Å². The van der Waals surface area contributed by atoms with Crippen LogP contribution in [0, 0.1) is 5.41 Å². The van der Waals surface area contributed by atoms with Gasteiger partial charge in [-0.15, -0.1) is 0 Å². The Labute approximate surface area is 166 Å². The van der Waals surface area contributed by atoms with Crippen LogP contribution < -0.4 is 5.32 Å². The first-order valence-corrected chi connectivity index (χ1v) is 10.7. The maximum Gasteiger partial charge on any atom is 0.236 e. The third-order valence-electron chi connectivity index (χ3n) is 6.24. The minimum absolute atomic E-state index is 0.151. The summed E-state index contributed by atoms with van der Waals surface area (Å²) in [4.78, 5) is 0. The van der Waals surface area contributed by atoms with Gasteiger partial charge in [0, 0.05) is 25.4 Å². The van der Waals surface area contributed by atoms with E-state index < -0.39 is 0 Å². The van der Waals surface area contributed by atoms with Crippen LogP contribution in [-0.2, 0) is 23.4 Å². The van der Waals surface area contributed by atoms with Gasteiger partial charge in [-0.3, -0.25) is 4.68 Å². The maximum absolute atomic E-state index is 6.32. The summed E-state index contributed by atoms with van der Waals surface area (Å²) < 4.78 is 8.19. The molecule has 2 aromatic rings. The molecule has 3 rings (SSSR count). The van der Waals surface area contributed by atoms with E-state index in [1.807, 2.05) is 17.9 Å². The molecule has 1 aromatic heterocycles. The summed E-state index contributed by atoms with van der Waals surface area (Å²) in [6.07, 6.45) is 5.09. The maximum atomic E-state index is 6.32. The average molecular weight is 384 g/mol. The Morgan fingerprint density at radius 3 is 2.63 bits per heavy atom. The number of aryl methyl sites for hydroxylation is 1. The van der Waals surface area contributed by atoms with Gasteiger partial charge in [0.2, 0.25) is 9.76 Å². The van der Waals surface area contributed by atoms with Crippen LogP contribution in [0.5, 0.6) is 0 Å². The monoisotopic (exact) mass is 383 g/mol. The zero-order chi connectivity index (χ0) is 19.9. The first-order valence-electron chi connectivity index (χ1n) is 9.79. The van der Waals surface area contributed by atoms with E-state index in [4.69, 9.17) is 4.43 Å². The lowest BCUT2D eigenvalue weighted by Gasteiger charge is -2.41. The highest BCUT2D eigenvalue weighted by Crippen LogP contribution is 2.44. The molecule has 1 N–H and O–H groups in total. The highest BCUT2D eigenvalue weighted by atomic mass is 28.2. The van der Waals surface area contributed by atoms with Crippen LogP contribution in [0.3, 0.4) is 0 Å². The van der Waals surface area contributed by atoms with Crippen LogP contribution in [0.25, 0.3) is 11.1 Å². The number of hydrogen-bond acceptors (Lipinski definition) is 3. The summed E-state index contributed by atoms with van der Waals surface area (Å²) in [5, 5.41) is 8.23. The number of rotatable bonds is 5. The van der Waals surface area contributed by atoms with Crippen molar-refractivity contribution in [2.75, 3.05) is 13.2 Å². The second kappa shape index (κ2) is 7.19. The zero-order valence-corrected chi connectivity index (χ0v) is 18.8. The van der Waals surface area contributed by atoms with E-state index in [2.05, 4.69) is 76.4 Å². The van der Waals surface area contributed by atoms with Crippen LogP contribution in [0.15, 0.2) is 30.6 Å². The van der Waals surface area contributed by atoms with Gasteiger partial charge >= 0.3 is 0 Å². The van der Waals surface area contributed by atoms with Gasteiger partial charge in [0.15, 0.2) is 0 Å². The highest BCUT2D eigenvalue weighted by Gasteiger charge is 2.37. The summed E-state index contributed by atoms with van der Waals surface area (Å²) in [5.41, 5.74) is 5.33. The molecule has 0 bridgehead atoms. The third-order valence-corrected chi connectivity index (χ3v) is 7.79. The first-order chi connectivity index (χ1) is 12.5. The van der Waals surface area contributed by atoms with Crippen molar-refractivity contribution in [3.8, 4) is 11.1 Å². The summed E-state index contributed by atoms with van der Waals surface area (Å²) >= 11 is 0. The van der Waals surface area contributed by atoms with Gasteiger partial charge in [0.05, 0.1) is 18.3 Å². The van der Waals surface area contributed by atoms with E-state index >= 15 is 0 Å². The number of hydrogen-bond donors (Lipinski definition) is 1. The van der Waals surface area contributed by atoms with Gasteiger partial charge in [0.1, 0.15) is 0 Å². The Morgan fingerprint density at radius 1 is 1.26 bits per heavy atom. The van der Waals surface area contributed by atoms with Crippen molar-refractivity contribution in [3.05, 3.63) is 41.7 Å². The second-order valence-corrected chi connectivity index (χ2v) is 11.3. The molecular formula is C22H33N3OSi. The molecule has 146 valence electrons. The molecule has 1 aliphatic rings. The van der Waals surface area contributed by atoms with Gasteiger partial charge in [-0.2, -0.15) is 5.10 Å². The Balaban J connectivity index is 1.83. The van der Waals surface area contributed by atoms with E-state index in [0.29, 0.717) is 16.4 Å². The molecular weight excluding hydrogens is 350 g/mol. The average Bonchev–Trinajstić information content (AvgIpc) is 3.00. The standard InChI is InChI=1S/C22H33N3OSi/c1-20(2,3)21(4,5)27-26-15-22(6)19-10-8-9-17(18(19)11-12-23-22)16-13-24-25(7)14-16/h8-10,13-14,23H,11-12,15H2,1-7H3. The molecule has 0 saturated carbocycles. The summed E-state index contributed by atoms with van der Waals surface area (Å²) in [7, 11) is 2.44.